The van der Waals surface area contributed by atoms with E-state index in [1.165, 1.54) is 0 Å². The van der Waals surface area contributed by atoms with Gasteiger partial charge in [0.05, 0.1) is 19.3 Å². The topological polar surface area (TPSA) is 92.8 Å². The quantitative estimate of drug-likeness (QED) is 0.254. The summed E-state index contributed by atoms with van der Waals surface area (Å²) in [5.74, 6) is -0.812. The molecule has 0 aromatic carbocycles. The Kier molecular flexibility index (Phi) is 12.7. The van der Waals surface area contributed by atoms with Crippen LogP contribution < -0.4 is 5.73 Å². The highest BCUT2D eigenvalue weighted by molar-refractivity contribution is 5.81. The second kappa shape index (κ2) is 13.3. The van der Waals surface area contributed by atoms with Crippen molar-refractivity contribution in [1.82, 2.24) is 0 Å². The molecular weight excluding hydrogens is 320 g/mol. The molecule has 7 heteroatoms. The predicted octanol–water partition coefficient (Wildman–Crippen LogP) is 2.54. The first-order valence-electron chi connectivity index (χ1n) is 8.56. The minimum atomic E-state index is -2.21. The number of alkyl halides is 2. The second-order valence-corrected chi connectivity index (χ2v) is 5.87. The Bertz CT molecular complexity index is 366. The summed E-state index contributed by atoms with van der Waals surface area (Å²) in [6.45, 7) is 1.06. The Morgan fingerprint density at radius 1 is 1.17 bits per heavy atom. The molecule has 0 spiro atoms. The lowest BCUT2D eigenvalue weighted by Gasteiger charge is -2.29. The summed E-state index contributed by atoms with van der Waals surface area (Å²) in [6, 6.07) is 0. The highest BCUT2D eigenvalue weighted by atomic mass is 19.3. The number of carbonyl (C=O) groups excluding carboxylic acids is 1. The number of carbonyl (C=O) groups is 1. The molecule has 142 valence electrons. The Labute approximate surface area is 142 Å². The summed E-state index contributed by atoms with van der Waals surface area (Å²) in [5.41, 5.74) is 3.95. The maximum absolute atomic E-state index is 11.9. The zero-order valence-corrected chi connectivity index (χ0v) is 14.4. The number of rotatable bonds is 14. The van der Waals surface area contributed by atoms with E-state index < -0.39 is 30.6 Å². The van der Waals surface area contributed by atoms with Crippen LogP contribution in [0.3, 0.4) is 0 Å². The molecule has 4 N–H and O–H groups in total. The van der Waals surface area contributed by atoms with Gasteiger partial charge in [-0.2, -0.15) is 0 Å². The van der Waals surface area contributed by atoms with Crippen molar-refractivity contribution in [3.63, 3.8) is 0 Å². The summed E-state index contributed by atoms with van der Waals surface area (Å²) >= 11 is 0. The summed E-state index contributed by atoms with van der Waals surface area (Å²) in [7, 11) is 0. The molecule has 24 heavy (non-hydrogen) atoms. The van der Waals surface area contributed by atoms with Crippen molar-refractivity contribution < 1.29 is 28.5 Å². The number of aliphatic hydroxyl groups is 2. The van der Waals surface area contributed by atoms with Gasteiger partial charge in [-0.05, 0) is 39.0 Å². The van der Waals surface area contributed by atoms with Crippen molar-refractivity contribution in [1.29, 1.82) is 0 Å². The molecule has 2 unspecified atom stereocenters. The van der Waals surface area contributed by atoms with Crippen LogP contribution in [-0.4, -0.2) is 47.5 Å². The molecule has 5 nitrogen and oxygen atoms in total. The van der Waals surface area contributed by atoms with Gasteiger partial charge >= 0.3 is 5.97 Å². The molecule has 0 saturated carbocycles. The van der Waals surface area contributed by atoms with Crippen LogP contribution in [0.5, 0.6) is 0 Å². The van der Waals surface area contributed by atoms with E-state index in [1.54, 1.807) is 6.92 Å². The molecule has 0 radical (unpaired) electrons. The molecule has 0 fully saturated rings. The van der Waals surface area contributed by atoms with Crippen molar-refractivity contribution in [2.45, 2.75) is 76.4 Å². The number of unbranched alkanes of at least 4 members (excludes halogenated alkanes) is 4. The Morgan fingerprint density at radius 2 is 1.79 bits per heavy atom. The highest BCUT2D eigenvalue weighted by Crippen LogP contribution is 2.15. The van der Waals surface area contributed by atoms with E-state index in [1.807, 2.05) is 12.2 Å². The zero-order valence-electron chi connectivity index (χ0n) is 14.4. The van der Waals surface area contributed by atoms with E-state index in [-0.39, 0.29) is 19.4 Å². The molecule has 0 aromatic heterocycles. The first-order chi connectivity index (χ1) is 11.4. The molecular formula is C17H31F2NO4. The molecule has 0 saturated heterocycles. The van der Waals surface area contributed by atoms with Gasteiger partial charge in [-0.15, -0.1) is 0 Å². The maximum Gasteiger partial charge on any atom is 0.331 e. The predicted molar refractivity (Wildman–Crippen MR) is 88.7 cm³/mol. The summed E-state index contributed by atoms with van der Waals surface area (Å²) in [4.78, 5) is 11.7. The van der Waals surface area contributed by atoms with E-state index in [2.05, 4.69) is 0 Å². The van der Waals surface area contributed by atoms with Gasteiger partial charge in [0.2, 0.25) is 6.43 Å². The van der Waals surface area contributed by atoms with Crippen molar-refractivity contribution in [2.24, 2.45) is 5.73 Å². The van der Waals surface area contributed by atoms with Crippen LogP contribution in [0.25, 0.3) is 0 Å². The lowest BCUT2D eigenvalue weighted by molar-refractivity contribution is -0.156. The minimum Gasteiger partial charge on any atom is -0.464 e. The van der Waals surface area contributed by atoms with Gasteiger partial charge in [0.15, 0.2) is 5.54 Å². The lowest BCUT2D eigenvalue weighted by Crippen LogP contribution is -2.60. The van der Waals surface area contributed by atoms with Gasteiger partial charge in [0, 0.05) is 6.42 Å². The molecule has 0 rings (SSSR count). The van der Waals surface area contributed by atoms with Gasteiger partial charge in [0.25, 0.3) is 0 Å². The molecule has 0 amide bonds. The van der Waals surface area contributed by atoms with Gasteiger partial charge in [0.1, 0.15) is 0 Å². The molecule has 0 aliphatic carbocycles. The van der Waals surface area contributed by atoms with Crippen molar-refractivity contribution >= 4 is 5.97 Å². The van der Waals surface area contributed by atoms with Crippen LogP contribution in [0.4, 0.5) is 8.78 Å². The molecule has 0 aliphatic rings. The normalized spacial score (nSPS) is 15.6. The number of aliphatic hydroxyl groups excluding tert-OH is 2. The van der Waals surface area contributed by atoms with Crippen LogP contribution in [0, 0.1) is 0 Å². The third kappa shape index (κ3) is 9.30. The first kappa shape index (κ1) is 22.9. The third-order valence-corrected chi connectivity index (χ3v) is 3.83. The number of nitrogens with two attached hydrogens (primary N) is 1. The van der Waals surface area contributed by atoms with Crippen LogP contribution in [0.2, 0.25) is 0 Å². The Hall–Kier alpha value is -1.05. The largest absolute Gasteiger partial charge is 0.464 e. The van der Waals surface area contributed by atoms with Crippen LogP contribution in [-0.2, 0) is 9.53 Å². The maximum atomic E-state index is 11.9. The average Bonchev–Trinajstić information content (AvgIpc) is 2.55. The van der Waals surface area contributed by atoms with Crippen LogP contribution in [0.1, 0.15) is 58.3 Å². The number of allylic oxidation sites excluding steroid dienone is 2. The van der Waals surface area contributed by atoms with Gasteiger partial charge < -0.3 is 20.7 Å². The summed E-state index contributed by atoms with van der Waals surface area (Å²) < 4.78 is 28.6. The van der Waals surface area contributed by atoms with E-state index >= 15 is 0 Å². The number of halogens is 2. The number of hydrogen-bond acceptors (Lipinski definition) is 5. The lowest BCUT2D eigenvalue weighted by atomic mass is 9.91. The van der Waals surface area contributed by atoms with Crippen LogP contribution in [0.15, 0.2) is 12.2 Å². The van der Waals surface area contributed by atoms with Crippen molar-refractivity contribution in [2.75, 3.05) is 13.2 Å². The summed E-state index contributed by atoms with van der Waals surface area (Å²) in [5, 5.41) is 19.3. The monoisotopic (exact) mass is 351 g/mol. The van der Waals surface area contributed by atoms with Crippen molar-refractivity contribution in [3.8, 4) is 0 Å². The molecule has 0 aromatic rings. The minimum absolute atomic E-state index is 0.0279. The molecule has 0 aliphatic heterocycles. The SMILES string of the molecule is CCOC(=O)C(N)(CO)C(O)CC/C=C/CCCCCCC(F)F. The van der Waals surface area contributed by atoms with E-state index in [0.717, 1.165) is 25.7 Å². The third-order valence-electron chi connectivity index (χ3n) is 3.83. The zero-order chi connectivity index (χ0) is 18.4. The second-order valence-electron chi connectivity index (χ2n) is 5.87. The Balaban J connectivity index is 3.90. The number of esters is 1. The fourth-order valence-electron chi connectivity index (χ4n) is 2.23. The average molecular weight is 351 g/mol. The smallest absolute Gasteiger partial charge is 0.331 e. The van der Waals surface area contributed by atoms with Crippen molar-refractivity contribution in [3.05, 3.63) is 12.2 Å². The van der Waals surface area contributed by atoms with E-state index in [9.17, 15) is 23.8 Å². The number of hydrogen-bond donors (Lipinski definition) is 3. The summed E-state index contributed by atoms with van der Waals surface area (Å²) in [6.07, 6.45) is 5.22. The van der Waals surface area contributed by atoms with E-state index in [4.69, 9.17) is 10.5 Å². The molecule has 2 atom stereocenters. The van der Waals surface area contributed by atoms with Gasteiger partial charge in [-0.25, -0.2) is 13.6 Å². The van der Waals surface area contributed by atoms with Crippen LogP contribution >= 0.6 is 0 Å². The first-order valence-corrected chi connectivity index (χ1v) is 8.56. The van der Waals surface area contributed by atoms with Gasteiger partial charge in [-0.1, -0.05) is 25.0 Å². The molecule has 0 heterocycles. The van der Waals surface area contributed by atoms with Gasteiger partial charge in [-0.3, -0.25) is 0 Å². The highest BCUT2D eigenvalue weighted by Gasteiger charge is 2.42. The Morgan fingerprint density at radius 3 is 2.38 bits per heavy atom. The fraction of sp³-hybridized carbons (Fsp3) is 0.824. The van der Waals surface area contributed by atoms with E-state index in [0.29, 0.717) is 12.8 Å². The number of ether oxygens (including phenoxy) is 1. The fourth-order valence-corrected chi connectivity index (χ4v) is 2.23. The standard InChI is InChI=1S/C17H31F2NO4/c1-2-24-16(23)17(20,13-21)14(22)11-9-7-5-3-4-6-8-10-12-15(18)19/h5,7,14-15,21-22H,2-4,6,8-13,20H2,1H3/b7-5+. The molecule has 0 bridgehead atoms.